The maximum atomic E-state index is 12.1. The molecule has 0 aliphatic carbocycles. The summed E-state index contributed by atoms with van der Waals surface area (Å²) in [4.78, 5) is 25.6. The van der Waals surface area contributed by atoms with E-state index in [4.69, 9.17) is 0 Å². The molecule has 0 saturated carbocycles. The summed E-state index contributed by atoms with van der Waals surface area (Å²) in [5.74, 6) is 0.821. The number of hydrogen-bond acceptors (Lipinski definition) is 6. The molecule has 0 aromatic carbocycles. The van der Waals surface area contributed by atoms with Crippen LogP contribution in [-0.4, -0.2) is 62.3 Å². The molecule has 1 aliphatic rings. The van der Waals surface area contributed by atoms with Gasteiger partial charge in [-0.3, -0.25) is 14.6 Å². The first-order chi connectivity index (χ1) is 12.8. The van der Waals surface area contributed by atoms with Gasteiger partial charge >= 0.3 is 0 Å². The van der Waals surface area contributed by atoms with Crippen molar-refractivity contribution in [3.63, 3.8) is 0 Å². The van der Waals surface area contributed by atoms with E-state index in [1.54, 1.807) is 10.7 Å². The maximum absolute atomic E-state index is 12.1. The summed E-state index contributed by atoms with van der Waals surface area (Å²) in [6.07, 6.45) is 1.82. The van der Waals surface area contributed by atoms with Crippen molar-refractivity contribution >= 4 is 0 Å². The first-order valence-corrected chi connectivity index (χ1v) is 9.63. The second-order valence-corrected chi connectivity index (χ2v) is 8.24. The Bertz CT molecular complexity index is 818. The van der Waals surface area contributed by atoms with Gasteiger partial charge in [0.05, 0.1) is 17.9 Å². The van der Waals surface area contributed by atoms with Gasteiger partial charge in [0.15, 0.2) is 0 Å². The lowest BCUT2D eigenvalue weighted by Crippen LogP contribution is -2.47. The molecule has 0 radical (unpaired) electrons. The minimum absolute atomic E-state index is 0.0271. The van der Waals surface area contributed by atoms with Crippen LogP contribution in [-0.2, 0) is 18.5 Å². The average molecular weight is 371 g/mol. The van der Waals surface area contributed by atoms with E-state index in [-0.39, 0.29) is 11.0 Å². The van der Waals surface area contributed by atoms with Crippen molar-refractivity contribution in [2.45, 2.75) is 46.2 Å². The fourth-order valence-corrected chi connectivity index (χ4v) is 3.24. The van der Waals surface area contributed by atoms with E-state index in [0.29, 0.717) is 6.54 Å². The molecule has 0 bridgehead atoms. The molecule has 2 aromatic rings. The molecule has 0 N–H and O–H groups in total. The van der Waals surface area contributed by atoms with E-state index in [1.807, 2.05) is 25.3 Å². The molecule has 7 nitrogen and oxygen atoms in total. The number of aromatic nitrogens is 4. The summed E-state index contributed by atoms with van der Waals surface area (Å²) in [7, 11) is 0. The molecule has 1 aliphatic heterocycles. The molecule has 3 heterocycles. The molecule has 1 saturated heterocycles. The van der Waals surface area contributed by atoms with E-state index < -0.39 is 0 Å². The summed E-state index contributed by atoms with van der Waals surface area (Å²) in [5, 5.41) is 4.56. The molecule has 0 spiro atoms. The summed E-state index contributed by atoms with van der Waals surface area (Å²) in [6, 6.07) is 5.46. The molecule has 0 atom stereocenters. The standard InChI is InChI=1S/C20H30N6O/c1-16-21-8-7-17(22-16)15-25-11-9-24(10-12-25)13-14-26-19(27)6-5-18(23-26)20(2,3)4/h5-8H,9-15H2,1-4H3. The number of nitrogens with zero attached hydrogens (tertiary/aromatic N) is 6. The van der Waals surface area contributed by atoms with Gasteiger partial charge in [0, 0.05) is 56.9 Å². The van der Waals surface area contributed by atoms with Gasteiger partial charge in [0.1, 0.15) is 5.82 Å². The maximum Gasteiger partial charge on any atom is 0.266 e. The number of aryl methyl sites for hydroxylation is 1. The summed E-state index contributed by atoms with van der Waals surface area (Å²) >= 11 is 0. The van der Waals surface area contributed by atoms with Crippen LogP contribution in [0.25, 0.3) is 0 Å². The van der Waals surface area contributed by atoms with Crippen molar-refractivity contribution in [2.24, 2.45) is 0 Å². The molecule has 7 heteroatoms. The van der Waals surface area contributed by atoms with E-state index in [1.165, 1.54) is 0 Å². The van der Waals surface area contributed by atoms with Crippen LogP contribution in [0, 0.1) is 6.92 Å². The van der Waals surface area contributed by atoms with Gasteiger partial charge < -0.3 is 0 Å². The Morgan fingerprint density at radius 3 is 2.37 bits per heavy atom. The summed E-state index contributed by atoms with van der Waals surface area (Å²) in [5.41, 5.74) is 1.94. The molecular weight excluding hydrogens is 340 g/mol. The molecule has 0 amide bonds. The predicted octanol–water partition coefficient (Wildman–Crippen LogP) is 1.46. The first-order valence-electron chi connectivity index (χ1n) is 9.63. The minimum atomic E-state index is -0.0551. The van der Waals surface area contributed by atoms with E-state index in [0.717, 1.165) is 56.5 Å². The molecule has 146 valence electrons. The zero-order chi connectivity index (χ0) is 19.4. The second kappa shape index (κ2) is 8.27. The van der Waals surface area contributed by atoms with Crippen LogP contribution in [0.1, 0.15) is 38.0 Å². The third-order valence-electron chi connectivity index (χ3n) is 4.95. The van der Waals surface area contributed by atoms with Crippen LogP contribution in [0.2, 0.25) is 0 Å². The number of rotatable bonds is 5. The average Bonchev–Trinajstić information content (AvgIpc) is 2.61. The largest absolute Gasteiger partial charge is 0.299 e. The van der Waals surface area contributed by atoms with Crippen molar-refractivity contribution in [1.29, 1.82) is 0 Å². The molecule has 3 rings (SSSR count). The molecular formula is C20H30N6O. The van der Waals surface area contributed by atoms with Crippen LogP contribution in [0.4, 0.5) is 0 Å². The van der Waals surface area contributed by atoms with Crippen molar-refractivity contribution in [2.75, 3.05) is 32.7 Å². The highest BCUT2D eigenvalue weighted by Crippen LogP contribution is 2.18. The molecule has 2 aromatic heterocycles. The predicted molar refractivity (Wildman–Crippen MR) is 106 cm³/mol. The lowest BCUT2D eigenvalue weighted by atomic mass is 9.92. The lowest BCUT2D eigenvalue weighted by molar-refractivity contribution is 0.121. The Labute approximate surface area is 161 Å². The van der Waals surface area contributed by atoms with Crippen molar-refractivity contribution < 1.29 is 0 Å². The number of hydrogen-bond donors (Lipinski definition) is 0. The summed E-state index contributed by atoms with van der Waals surface area (Å²) < 4.78 is 1.61. The van der Waals surface area contributed by atoms with E-state index in [9.17, 15) is 4.79 Å². The van der Waals surface area contributed by atoms with Crippen LogP contribution in [0.3, 0.4) is 0 Å². The monoisotopic (exact) mass is 370 g/mol. The normalized spacial score (nSPS) is 16.6. The van der Waals surface area contributed by atoms with Gasteiger partial charge in [-0.05, 0) is 19.1 Å². The van der Waals surface area contributed by atoms with Crippen LogP contribution < -0.4 is 5.56 Å². The third kappa shape index (κ3) is 5.43. The second-order valence-electron chi connectivity index (χ2n) is 8.24. The smallest absolute Gasteiger partial charge is 0.266 e. The first kappa shape index (κ1) is 19.6. The van der Waals surface area contributed by atoms with Crippen molar-refractivity contribution in [3.8, 4) is 0 Å². The Kier molecular flexibility index (Phi) is 6.01. The fraction of sp³-hybridized carbons (Fsp3) is 0.600. The highest BCUT2D eigenvalue weighted by molar-refractivity contribution is 5.10. The van der Waals surface area contributed by atoms with Gasteiger partial charge in [0.2, 0.25) is 0 Å². The van der Waals surface area contributed by atoms with E-state index in [2.05, 4.69) is 45.6 Å². The van der Waals surface area contributed by atoms with Gasteiger partial charge in [-0.1, -0.05) is 20.8 Å². The Hall–Kier alpha value is -2.12. The zero-order valence-corrected chi connectivity index (χ0v) is 16.9. The van der Waals surface area contributed by atoms with Crippen LogP contribution >= 0.6 is 0 Å². The molecule has 1 fully saturated rings. The number of piperazine rings is 1. The van der Waals surface area contributed by atoms with Gasteiger partial charge in [-0.15, -0.1) is 0 Å². The Morgan fingerprint density at radius 2 is 1.70 bits per heavy atom. The lowest BCUT2D eigenvalue weighted by Gasteiger charge is -2.34. The fourth-order valence-electron chi connectivity index (χ4n) is 3.24. The third-order valence-corrected chi connectivity index (χ3v) is 4.95. The molecule has 0 unspecified atom stereocenters. The quantitative estimate of drug-likeness (QED) is 0.794. The Morgan fingerprint density at radius 1 is 1.00 bits per heavy atom. The highest BCUT2D eigenvalue weighted by Gasteiger charge is 2.19. The topological polar surface area (TPSA) is 67.2 Å². The van der Waals surface area contributed by atoms with Crippen LogP contribution in [0.15, 0.2) is 29.2 Å². The molecule has 27 heavy (non-hydrogen) atoms. The summed E-state index contributed by atoms with van der Waals surface area (Å²) in [6.45, 7) is 14.6. The minimum Gasteiger partial charge on any atom is -0.299 e. The van der Waals surface area contributed by atoms with Crippen molar-refractivity contribution in [1.82, 2.24) is 29.5 Å². The van der Waals surface area contributed by atoms with Crippen LogP contribution in [0.5, 0.6) is 0 Å². The van der Waals surface area contributed by atoms with Gasteiger partial charge in [-0.25, -0.2) is 14.6 Å². The van der Waals surface area contributed by atoms with Gasteiger partial charge in [-0.2, -0.15) is 5.10 Å². The van der Waals surface area contributed by atoms with Crippen molar-refractivity contribution in [3.05, 3.63) is 52.0 Å². The van der Waals surface area contributed by atoms with E-state index >= 15 is 0 Å². The highest BCUT2D eigenvalue weighted by atomic mass is 16.1. The Balaban J connectivity index is 1.51. The SMILES string of the molecule is Cc1nccc(CN2CCN(CCn3nc(C(C)(C)C)ccc3=O)CC2)n1. The zero-order valence-electron chi connectivity index (χ0n) is 16.9. The van der Waals surface area contributed by atoms with Gasteiger partial charge in [0.25, 0.3) is 5.56 Å².